The van der Waals surface area contributed by atoms with Gasteiger partial charge in [-0.05, 0) is 26.2 Å². The maximum absolute atomic E-state index is 11.7. The molecule has 0 spiro atoms. The van der Waals surface area contributed by atoms with Crippen LogP contribution in [0.25, 0.3) is 0 Å². The molecule has 0 radical (unpaired) electrons. The molecule has 0 unspecified atom stereocenters. The van der Waals surface area contributed by atoms with Gasteiger partial charge in [0, 0.05) is 26.5 Å². The van der Waals surface area contributed by atoms with Crippen LogP contribution in [-0.2, 0) is 19.1 Å². The molecular formula is C17H30N2O4. The molecule has 1 aliphatic heterocycles. The molecule has 1 saturated heterocycles. The van der Waals surface area contributed by atoms with E-state index in [1.54, 1.807) is 7.11 Å². The second-order valence-electron chi connectivity index (χ2n) is 6.28. The molecule has 1 fully saturated rings. The molecule has 0 bridgehead atoms. The van der Waals surface area contributed by atoms with Crippen molar-refractivity contribution in [3.05, 3.63) is 12.2 Å². The van der Waals surface area contributed by atoms with Crippen molar-refractivity contribution in [3.63, 3.8) is 0 Å². The minimum Gasteiger partial charge on any atom is -0.449 e. The number of rotatable bonds is 9. The Hall–Kier alpha value is -1.40. The Bertz CT molecular complexity index is 427. The van der Waals surface area contributed by atoms with Crippen molar-refractivity contribution >= 4 is 12.4 Å². The van der Waals surface area contributed by atoms with Crippen molar-refractivity contribution in [2.45, 2.75) is 70.9 Å². The van der Waals surface area contributed by atoms with Gasteiger partial charge in [0.1, 0.15) is 0 Å². The Morgan fingerprint density at radius 2 is 2.22 bits per heavy atom. The number of amides is 1. The Kier molecular flexibility index (Phi) is 7.72. The molecule has 23 heavy (non-hydrogen) atoms. The molecule has 5 atom stereocenters. The van der Waals surface area contributed by atoms with Gasteiger partial charge in [0.2, 0.25) is 5.91 Å². The van der Waals surface area contributed by atoms with E-state index in [0.29, 0.717) is 12.9 Å². The zero-order valence-corrected chi connectivity index (χ0v) is 14.8. The van der Waals surface area contributed by atoms with E-state index in [1.807, 2.05) is 19.9 Å². The van der Waals surface area contributed by atoms with E-state index in [4.69, 9.17) is 9.47 Å². The number of ether oxygens (including phenoxy) is 2. The van der Waals surface area contributed by atoms with Crippen LogP contribution in [-0.4, -0.2) is 43.4 Å². The largest absolute Gasteiger partial charge is 0.449 e. The predicted molar refractivity (Wildman–Crippen MR) is 88.7 cm³/mol. The molecule has 1 heterocycles. The number of carbonyl (C=O) groups excluding carboxylic acids is 2. The molecule has 0 saturated carbocycles. The van der Waals surface area contributed by atoms with Crippen molar-refractivity contribution in [2.24, 2.45) is 5.92 Å². The van der Waals surface area contributed by atoms with E-state index in [-0.39, 0.29) is 30.1 Å². The van der Waals surface area contributed by atoms with E-state index in [0.717, 1.165) is 12.8 Å². The Labute approximate surface area is 139 Å². The molecular weight excluding hydrogens is 296 g/mol. The van der Waals surface area contributed by atoms with Gasteiger partial charge in [0.25, 0.3) is 6.47 Å². The number of nitrogens with one attached hydrogen (secondary N) is 2. The third-order valence-electron chi connectivity index (χ3n) is 4.57. The lowest BCUT2D eigenvalue weighted by Crippen LogP contribution is -2.62. The van der Waals surface area contributed by atoms with Gasteiger partial charge in [-0.3, -0.25) is 14.9 Å². The van der Waals surface area contributed by atoms with E-state index in [2.05, 4.69) is 23.6 Å². The zero-order valence-electron chi connectivity index (χ0n) is 14.8. The number of methoxy groups -OCH3 is 1. The van der Waals surface area contributed by atoms with Crippen LogP contribution in [0.2, 0.25) is 0 Å². The quantitative estimate of drug-likeness (QED) is 0.499. The number of hydrogen-bond acceptors (Lipinski definition) is 5. The van der Waals surface area contributed by atoms with Gasteiger partial charge in [0.05, 0.1) is 11.6 Å². The summed E-state index contributed by atoms with van der Waals surface area (Å²) in [4.78, 5) is 22.4. The fourth-order valence-electron chi connectivity index (χ4n) is 3.47. The molecule has 0 aromatic rings. The summed E-state index contributed by atoms with van der Waals surface area (Å²) in [6.07, 6.45) is 6.15. The first kappa shape index (κ1) is 19.6. The van der Waals surface area contributed by atoms with Gasteiger partial charge in [-0.25, -0.2) is 0 Å². The minimum absolute atomic E-state index is 0.0726. The normalized spacial score (nSPS) is 28.3. The molecule has 0 aromatic heterocycles. The average Bonchev–Trinajstić information content (AvgIpc) is 2.88. The molecule has 0 aliphatic carbocycles. The van der Waals surface area contributed by atoms with E-state index in [1.165, 1.54) is 6.92 Å². The van der Waals surface area contributed by atoms with Crippen molar-refractivity contribution in [1.82, 2.24) is 10.6 Å². The highest BCUT2D eigenvalue weighted by Crippen LogP contribution is 2.32. The molecule has 1 aliphatic rings. The number of hydrogen-bond donors (Lipinski definition) is 2. The molecule has 2 N–H and O–H groups in total. The maximum Gasteiger partial charge on any atom is 0.294 e. The van der Waals surface area contributed by atoms with E-state index >= 15 is 0 Å². The lowest BCUT2D eigenvalue weighted by Gasteiger charge is -2.41. The summed E-state index contributed by atoms with van der Waals surface area (Å²) in [5.74, 6) is 0.0447. The second-order valence-corrected chi connectivity index (χ2v) is 6.28. The second kappa shape index (κ2) is 9.03. The first-order valence-electron chi connectivity index (χ1n) is 8.22. The van der Waals surface area contributed by atoms with Gasteiger partial charge in [-0.15, -0.1) is 0 Å². The predicted octanol–water partition coefficient (Wildman–Crippen LogP) is 1.75. The number of allylic oxidation sites excluding steroid dienone is 1. The van der Waals surface area contributed by atoms with Gasteiger partial charge in [-0.1, -0.05) is 25.5 Å². The fourth-order valence-corrected chi connectivity index (χ4v) is 3.47. The van der Waals surface area contributed by atoms with E-state index < -0.39 is 5.60 Å². The van der Waals surface area contributed by atoms with Crippen LogP contribution in [0.3, 0.4) is 0 Å². The summed E-state index contributed by atoms with van der Waals surface area (Å²) in [6, 6.07) is -0.303. The highest BCUT2D eigenvalue weighted by molar-refractivity contribution is 5.73. The SMILES string of the molecule is C/C=C\[C@@H]1C[C@H](OC=O)N[C@H]1[C@@H](NC(C)=O)[C@](C)(CCC)OC. The smallest absolute Gasteiger partial charge is 0.294 e. The van der Waals surface area contributed by atoms with Crippen LogP contribution < -0.4 is 10.6 Å². The van der Waals surface area contributed by atoms with Crippen LogP contribution in [0.15, 0.2) is 12.2 Å². The summed E-state index contributed by atoms with van der Waals surface area (Å²) >= 11 is 0. The monoisotopic (exact) mass is 326 g/mol. The topological polar surface area (TPSA) is 76.7 Å². The van der Waals surface area contributed by atoms with Crippen molar-refractivity contribution in [3.8, 4) is 0 Å². The van der Waals surface area contributed by atoms with Crippen LogP contribution >= 0.6 is 0 Å². The minimum atomic E-state index is -0.506. The first-order valence-corrected chi connectivity index (χ1v) is 8.22. The van der Waals surface area contributed by atoms with Gasteiger partial charge < -0.3 is 14.8 Å². The van der Waals surface area contributed by atoms with Crippen LogP contribution in [0, 0.1) is 5.92 Å². The molecule has 6 nitrogen and oxygen atoms in total. The third-order valence-corrected chi connectivity index (χ3v) is 4.57. The lowest BCUT2D eigenvalue weighted by molar-refractivity contribution is -0.135. The average molecular weight is 326 g/mol. The van der Waals surface area contributed by atoms with E-state index in [9.17, 15) is 9.59 Å². The highest BCUT2D eigenvalue weighted by atomic mass is 16.5. The van der Waals surface area contributed by atoms with Gasteiger partial charge >= 0.3 is 0 Å². The first-order chi connectivity index (χ1) is 10.9. The van der Waals surface area contributed by atoms with Gasteiger partial charge in [-0.2, -0.15) is 0 Å². The molecule has 132 valence electrons. The molecule has 1 rings (SSSR count). The summed E-state index contributed by atoms with van der Waals surface area (Å²) in [6.45, 7) is 8.03. The van der Waals surface area contributed by atoms with Crippen LogP contribution in [0.1, 0.15) is 47.0 Å². The number of carbonyl (C=O) groups is 2. The molecule has 0 aromatic carbocycles. The lowest BCUT2D eigenvalue weighted by atomic mass is 9.81. The summed E-state index contributed by atoms with van der Waals surface area (Å²) in [5, 5.41) is 6.38. The van der Waals surface area contributed by atoms with Crippen molar-refractivity contribution in [2.75, 3.05) is 7.11 Å². The standard InChI is InChI=1S/C17H30N2O4/c1-6-8-13-10-14(23-11-20)19-15(13)16(18-12(3)21)17(4,22-5)9-7-2/h6,8,11,13-16,19H,7,9-10H2,1-5H3,(H,18,21)/b8-6-/t13-,14+,15-,16-,17+/m1/s1. The summed E-state index contributed by atoms with van der Waals surface area (Å²) in [7, 11) is 1.67. The Balaban J connectivity index is 3.11. The maximum atomic E-state index is 11.7. The third kappa shape index (κ3) is 5.04. The zero-order chi connectivity index (χ0) is 17.5. The summed E-state index contributed by atoms with van der Waals surface area (Å²) < 4.78 is 10.9. The highest BCUT2D eigenvalue weighted by Gasteiger charge is 2.46. The van der Waals surface area contributed by atoms with Crippen molar-refractivity contribution < 1.29 is 19.1 Å². The van der Waals surface area contributed by atoms with Crippen molar-refractivity contribution in [1.29, 1.82) is 0 Å². The summed E-state index contributed by atoms with van der Waals surface area (Å²) in [5.41, 5.74) is -0.506. The van der Waals surface area contributed by atoms with Gasteiger partial charge in [0.15, 0.2) is 6.23 Å². The molecule has 6 heteroatoms. The van der Waals surface area contributed by atoms with Crippen LogP contribution in [0.4, 0.5) is 0 Å². The Morgan fingerprint density at radius 3 is 2.70 bits per heavy atom. The molecule has 1 amide bonds. The fraction of sp³-hybridized carbons (Fsp3) is 0.765. The Morgan fingerprint density at radius 1 is 1.52 bits per heavy atom. The van der Waals surface area contributed by atoms with Crippen LogP contribution in [0.5, 0.6) is 0 Å².